The normalized spacial score (nSPS) is 28.7. The van der Waals surface area contributed by atoms with Crippen molar-refractivity contribution in [3.63, 3.8) is 0 Å². The largest absolute Gasteiger partial charge is 0.481 e. The van der Waals surface area contributed by atoms with Crippen LogP contribution in [0.3, 0.4) is 0 Å². The van der Waals surface area contributed by atoms with Crippen LogP contribution in [-0.4, -0.2) is 39.7 Å². The zero-order chi connectivity index (χ0) is 18.1. The highest BCUT2D eigenvalue weighted by molar-refractivity contribution is 8.04. The number of fused-ring (bicyclic) bond motifs is 1. The summed E-state index contributed by atoms with van der Waals surface area (Å²) in [6.45, 7) is 6.98. The summed E-state index contributed by atoms with van der Waals surface area (Å²) < 4.78 is 0. The number of carboxylic acid groups (broad SMARTS) is 1. The Labute approximate surface area is 153 Å². The second kappa shape index (κ2) is 7.24. The molecule has 4 nitrogen and oxygen atoms in total. The Morgan fingerprint density at radius 2 is 2.00 bits per heavy atom. The first kappa shape index (κ1) is 18.1. The van der Waals surface area contributed by atoms with Gasteiger partial charge in [0.05, 0.1) is 6.04 Å². The maximum Gasteiger partial charge on any atom is 0.313 e. The lowest BCUT2D eigenvalue weighted by atomic mass is 9.82. The summed E-state index contributed by atoms with van der Waals surface area (Å²) in [5, 5.41) is 10.4. The molecule has 25 heavy (non-hydrogen) atoms. The molecule has 0 spiro atoms. The van der Waals surface area contributed by atoms with Crippen molar-refractivity contribution in [1.82, 2.24) is 4.90 Å². The average Bonchev–Trinajstić information content (AvgIpc) is 2.92. The minimum atomic E-state index is -0.861. The molecule has 1 aromatic carbocycles. The van der Waals surface area contributed by atoms with Crippen LogP contribution in [0, 0.1) is 5.92 Å². The topological polar surface area (TPSA) is 57.6 Å². The van der Waals surface area contributed by atoms with Crippen molar-refractivity contribution in [3.8, 4) is 0 Å². The number of benzene rings is 1. The molecule has 134 valence electrons. The van der Waals surface area contributed by atoms with E-state index in [2.05, 4.69) is 26.8 Å². The third kappa shape index (κ3) is 3.22. The van der Waals surface area contributed by atoms with Crippen LogP contribution >= 0.6 is 11.8 Å². The third-order valence-corrected chi connectivity index (χ3v) is 6.69. The number of unbranched alkanes of at least 4 members (excludes halogenated alkanes) is 1. The Hall–Kier alpha value is -1.75. The number of allylic oxidation sites excluding steroid dienone is 1. The molecular weight excluding hydrogens is 334 g/mol. The van der Waals surface area contributed by atoms with E-state index in [1.807, 2.05) is 12.1 Å². The van der Waals surface area contributed by atoms with Gasteiger partial charge in [-0.05, 0) is 24.0 Å². The van der Waals surface area contributed by atoms with Crippen molar-refractivity contribution in [1.29, 1.82) is 0 Å². The molecule has 2 heterocycles. The van der Waals surface area contributed by atoms with Gasteiger partial charge in [-0.2, -0.15) is 0 Å². The average molecular weight is 359 g/mol. The lowest BCUT2D eigenvalue weighted by Crippen LogP contribution is -2.51. The van der Waals surface area contributed by atoms with Crippen molar-refractivity contribution in [2.75, 3.05) is 6.54 Å². The van der Waals surface area contributed by atoms with Gasteiger partial charge in [0.1, 0.15) is 5.92 Å². The molecule has 0 radical (unpaired) electrons. The quantitative estimate of drug-likeness (QED) is 0.859. The predicted octanol–water partition coefficient (Wildman–Crippen LogP) is 4.13. The van der Waals surface area contributed by atoms with E-state index in [1.54, 1.807) is 28.8 Å². The van der Waals surface area contributed by atoms with E-state index < -0.39 is 17.9 Å². The molecule has 1 N–H and O–H groups in total. The van der Waals surface area contributed by atoms with E-state index in [0.717, 1.165) is 17.7 Å². The molecule has 2 aliphatic heterocycles. The van der Waals surface area contributed by atoms with E-state index in [4.69, 9.17) is 0 Å². The van der Waals surface area contributed by atoms with Gasteiger partial charge < -0.3 is 10.0 Å². The van der Waals surface area contributed by atoms with Crippen LogP contribution in [0.15, 0.2) is 35.2 Å². The summed E-state index contributed by atoms with van der Waals surface area (Å²) in [7, 11) is 0. The van der Waals surface area contributed by atoms with Crippen molar-refractivity contribution >= 4 is 23.6 Å². The number of carbonyl (C=O) groups is 2. The molecule has 0 saturated carbocycles. The molecule has 2 aliphatic rings. The Morgan fingerprint density at radius 1 is 1.28 bits per heavy atom. The van der Waals surface area contributed by atoms with Crippen molar-refractivity contribution < 1.29 is 14.7 Å². The second-order valence-corrected chi connectivity index (χ2v) is 8.40. The van der Waals surface area contributed by atoms with Gasteiger partial charge in [0.15, 0.2) is 0 Å². The number of hydrogen-bond donors (Lipinski definition) is 1. The van der Waals surface area contributed by atoms with Crippen LogP contribution in [-0.2, 0) is 4.79 Å². The van der Waals surface area contributed by atoms with Crippen LogP contribution < -0.4 is 0 Å². The highest BCUT2D eigenvalue weighted by atomic mass is 32.2. The Balaban J connectivity index is 2.11. The molecule has 0 fully saturated rings. The molecule has 4 atom stereocenters. The Morgan fingerprint density at radius 3 is 2.60 bits per heavy atom. The highest BCUT2D eigenvalue weighted by Gasteiger charge is 2.46. The number of thioether (sulfide) groups is 1. The van der Waals surface area contributed by atoms with Gasteiger partial charge in [0, 0.05) is 22.3 Å². The first-order valence-electron chi connectivity index (χ1n) is 8.96. The number of carboxylic acids is 1. The number of amides is 1. The third-order valence-electron chi connectivity index (χ3n) is 5.24. The fourth-order valence-corrected chi connectivity index (χ4v) is 5.09. The lowest BCUT2D eigenvalue weighted by molar-refractivity contribution is -0.140. The monoisotopic (exact) mass is 359 g/mol. The van der Waals surface area contributed by atoms with E-state index in [1.165, 1.54) is 0 Å². The molecular formula is C20H25NO3S. The zero-order valence-electron chi connectivity index (χ0n) is 14.9. The predicted molar refractivity (Wildman–Crippen MR) is 101 cm³/mol. The number of carbonyl (C=O) groups excluding carboxylic acids is 1. The molecule has 0 aliphatic carbocycles. The van der Waals surface area contributed by atoms with Crippen LogP contribution in [0.4, 0.5) is 0 Å². The second-order valence-electron chi connectivity index (χ2n) is 6.95. The number of rotatable bonds is 5. The smallest absolute Gasteiger partial charge is 0.313 e. The first-order chi connectivity index (χ1) is 12.0. The molecule has 0 saturated heterocycles. The van der Waals surface area contributed by atoms with Gasteiger partial charge in [0.2, 0.25) is 0 Å². The molecule has 4 unspecified atom stereocenters. The fourth-order valence-electron chi connectivity index (χ4n) is 3.67. The Bertz CT molecular complexity index is 715. The molecule has 1 aromatic rings. The van der Waals surface area contributed by atoms with Crippen molar-refractivity contribution in [3.05, 3.63) is 46.4 Å². The summed E-state index contributed by atoms with van der Waals surface area (Å²) in [5.74, 6) is -1.22. The molecule has 5 heteroatoms. The van der Waals surface area contributed by atoms with E-state index in [0.29, 0.717) is 28.8 Å². The minimum Gasteiger partial charge on any atom is -0.481 e. The number of hydrogen-bond acceptors (Lipinski definition) is 3. The standard InChI is InChI=1S/C20H25NO3S/c1-4-5-10-21-18(16-11-12(2)13(3)25-16)17(20(23)24)14-8-6-7-9-15(14)19(21)22/h6-9,11-13,17-18H,4-5,10H2,1-3H3,(H,23,24). The summed E-state index contributed by atoms with van der Waals surface area (Å²) in [6.07, 6.45) is 4.00. The van der Waals surface area contributed by atoms with Crippen LogP contribution in [0.5, 0.6) is 0 Å². The summed E-state index contributed by atoms with van der Waals surface area (Å²) >= 11 is 1.72. The SMILES string of the molecule is CCCCN1C(=O)c2ccccc2C(C(=O)O)C1C1=CC(C)C(C)S1. The molecule has 3 rings (SSSR count). The van der Waals surface area contributed by atoms with Gasteiger partial charge in [-0.15, -0.1) is 11.8 Å². The van der Waals surface area contributed by atoms with Gasteiger partial charge >= 0.3 is 5.97 Å². The van der Waals surface area contributed by atoms with Gasteiger partial charge in [-0.3, -0.25) is 9.59 Å². The van der Waals surface area contributed by atoms with Crippen LogP contribution in [0.2, 0.25) is 0 Å². The summed E-state index contributed by atoms with van der Waals surface area (Å²) in [4.78, 5) is 28.1. The molecule has 0 aromatic heterocycles. The van der Waals surface area contributed by atoms with Gasteiger partial charge in [0.25, 0.3) is 5.91 Å². The number of nitrogens with zero attached hydrogens (tertiary/aromatic N) is 1. The minimum absolute atomic E-state index is 0.0414. The van der Waals surface area contributed by atoms with Crippen LogP contribution in [0.25, 0.3) is 0 Å². The van der Waals surface area contributed by atoms with Crippen molar-refractivity contribution in [2.45, 2.75) is 50.8 Å². The maximum atomic E-state index is 13.1. The first-order valence-corrected chi connectivity index (χ1v) is 9.84. The van der Waals surface area contributed by atoms with E-state index >= 15 is 0 Å². The number of aliphatic carboxylic acids is 1. The van der Waals surface area contributed by atoms with E-state index in [9.17, 15) is 14.7 Å². The van der Waals surface area contributed by atoms with Gasteiger partial charge in [-0.1, -0.05) is 51.5 Å². The van der Waals surface area contributed by atoms with Crippen molar-refractivity contribution in [2.24, 2.45) is 5.92 Å². The molecule has 0 bridgehead atoms. The van der Waals surface area contributed by atoms with E-state index in [-0.39, 0.29) is 5.91 Å². The molecule has 1 amide bonds. The zero-order valence-corrected chi connectivity index (χ0v) is 15.8. The fraction of sp³-hybridized carbons (Fsp3) is 0.500. The van der Waals surface area contributed by atoms with Crippen LogP contribution in [0.1, 0.15) is 55.5 Å². The maximum absolute atomic E-state index is 13.1. The lowest BCUT2D eigenvalue weighted by Gasteiger charge is -2.41. The Kier molecular flexibility index (Phi) is 5.23. The van der Waals surface area contributed by atoms with Gasteiger partial charge in [-0.25, -0.2) is 0 Å². The summed E-state index contributed by atoms with van der Waals surface area (Å²) in [5.41, 5.74) is 1.18. The summed E-state index contributed by atoms with van der Waals surface area (Å²) in [6, 6.07) is 6.78. The highest BCUT2D eigenvalue weighted by Crippen LogP contribution is 2.46.